The molecule has 6 nitrogen and oxygen atoms in total. The van der Waals surface area contributed by atoms with Crippen LogP contribution in [-0.2, 0) is 6.54 Å². The molecule has 2 N–H and O–H groups in total. The SMILES string of the molecule is COc1ccc(Nc2cc(NCc3ccccc3OC)ncn2)cc1. The highest BCUT2D eigenvalue weighted by molar-refractivity contribution is 5.59. The number of nitrogens with zero attached hydrogens (tertiary/aromatic N) is 2. The summed E-state index contributed by atoms with van der Waals surface area (Å²) in [5, 5.41) is 6.53. The zero-order chi connectivity index (χ0) is 17.5. The van der Waals surface area contributed by atoms with Crippen LogP contribution >= 0.6 is 0 Å². The van der Waals surface area contributed by atoms with Gasteiger partial charge >= 0.3 is 0 Å². The molecular formula is C19H20N4O2. The van der Waals surface area contributed by atoms with Crippen molar-refractivity contribution in [1.82, 2.24) is 9.97 Å². The zero-order valence-electron chi connectivity index (χ0n) is 14.2. The van der Waals surface area contributed by atoms with Crippen molar-refractivity contribution in [2.24, 2.45) is 0 Å². The number of hydrogen-bond acceptors (Lipinski definition) is 6. The first-order valence-corrected chi connectivity index (χ1v) is 7.87. The first kappa shape index (κ1) is 16.6. The summed E-state index contributed by atoms with van der Waals surface area (Å²) in [7, 11) is 3.31. The highest BCUT2D eigenvalue weighted by Crippen LogP contribution is 2.21. The van der Waals surface area contributed by atoms with Crippen LogP contribution in [0.4, 0.5) is 17.3 Å². The van der Waals surface area contributed by atoms with Gasteiger partial charge in [0.15, 0.2) is 0 Å². The van der Waals surface area contributed by atoms with Crippen LogP contribution in [0.1, 0.15) is 5.56 Å². The number of rotatable bonds is 7. The number of methoxy groups -OCH3 is 2. The number of benzene rings is 2. The van der Waals surface area contributed by atoms with Gasteiger partial charge in [-0.2, -0.15) is 0 Å². The van der Waals surface area contributed by atoms with Crippen molar-refractivity contribution in [3.63, 3.8) is 0 Å². The number of ether oxygens (including phenoxy) is 2. The van der Waals surface area contributed by atoms with Crippen molar-refractivity contribution in [3.05, 3.63) is 66.5 Å². The molecule has 0 spiro atoms. The summed E-state index contributed by atoms with van der Waals surface area (Å²) in [6, 6.07) is 17.4. The van der Waals surface area contributed by atoms with Crippen LogP contribution < -0.4 is 20.1 Å². The van der Waals surface area contributed by atoms with Crippen molar-refractivity contribution >= 4 is 17.3 Å². The summed E-state index contributed by atoms with van der Waals surface area (Å²) in [6.45, 7) is 0.614. The number of aromatic nitrogens is 2. The molecule has 0 aliphatic rings. The van der Waals surface area contributed by atoms with Crippen LogP contribution in [0.15, 0.2) is 60.9 Å². The summed E-state index contributed by atoms with van der Waals surface area (Å²) in [6.07, 6.45) is 1.52. The van der Waals surface area contributed by atoms with E-state index in [2.05, 4.69) is 20.6 Å². The van der Waals surface area contributed by atoms with Gasteiger partial charge in [-0.1, -0.05) is 18.2 Å². The lowest BCUT2D eigenvalue weighted by Gasteiger charge is -2.11. The van der Waals surface area contributed by atoms with Gasteiger partial charge in [0.25, 0.3) is 0 Å². The molecule has 25 heavy (non-hydrogen) atoms. The second-order valence-corrected chi connectivity index (χ2v) is 5.31. The van der Waals surface area contributed by atoms with Gasteiger partial charge in [-0.15, -0.1) is 0 Å². The molecule has 0 saturated carbocycles. The molecule has 3 rings (SSSR count). The third kappa shape index (κ3) is 4.38. The second-order valence-electron chi connectivity index (χ2n) is 5.31. The molecule has 0 saturated heterocycles. The average Bonchev–Trinajstić information content (AvgIpc) is 2.67. The normalized spacial score (nSPS) is 10.2. The van der Waals surface area contributed by atoms with E-state index < -0.39 is 0 Å². The van der Waals surface area contributed by atoms with Gasteiger partial charge in [-0.05, 0) is 30.3 Å². The zero-order valence-corrected chi connectivity index (χ0v) is 14.2. The number of hydrogen-bond donors (Lipinski definition) is 2. The number of nitrogens with one attached hydrogen (secondary N) is 2. The van der Waals surface area contributed by atoms with E-state index >= 15 is 0 Å². The molecule has 0 unspecified atom stereocenters. The van der Waals surface area contributed by atoms with E-state index in [9.17, 15) is 0 Å². The van der Waals surface area contributed by atoms with Gasteiger partial charge in [0.05, 0.1) is 14.2 Å². The van der Waals surface area contributed by atoms with E-state index in [1.807, 2.05) is 54.6 Å². The van der Waals surface area contributed by atoms with Gasteiger partial charge in [-0.3, -0.25) is 0 Å². The van der Waals surface area contributed by atoms with E-state index in [-0.39, 0.29) is 0 Å². The fraction of sp³-hybridized carbons (Fsp3) is 0.158. The standard InChI is InChI=1S/C19H20N4O2/c1-24-16-9-7-15(8-10-16)23-19-11-18(21-13-22-19)20-12-14-5-3-4-6-17(14)25-2/h3-11,13H,12H2,1-2H3,(H2,20,21,22,23). The highest BCUT2D eigenvalue weighted by Gasteiger charge is 2.04. The van der Waals surface area contributed by atoms with Gasteiger partial charge in [0.1, 0.15) is 29.5 Å². The summed E-state index contributed by atoms with van der Waals surface area (Å²) in [5.74, 6) is 3.10. The predicted molar refractivity (Wildman–Crippen MR) is 98.6 cm³/mol. The largest absolute Gasteiger partial charge is 0.497 e. The lowest BCUT2D eigenvalue weighted by molar-refractivity contribution is 0.410. The molecule has 0 aliphatic heterocycles. The molecule has 0 bridgehead atoms. The maximum atomic E-state index is 5.36. The minimum Gasteiger partial charge on any atom is -0.497 e. The third-order valence-corrected chi connectivity index (χ3v) is 3.68. The van der Waals surface area contributed by atoms with Crippen LogP contribution in [0.5, 0.6) is 11.5 Å². The van der Waals surface area contributed by atoms with Gasteiger partial charge in [-0.25, -0.2) is 9.97 Å². The molecule has 0 atom stereocenters. The Kier molecular flexibility index (Phi) is 5.31. The molecule has 0 fully saturated rings. The minimum atomic E-state index is 0.614. The highest BCUT2D eigenvalue weighted by atomic mass is 16.5. The summed E-state index contributed by atoms with van der Waals surface area (Å²) >= 11 is 0. The molecule has 0 aliphatic carbocycles. The second kappa shape index (κ2) is 8.01. The Labute approximate surface area is 146 Å². The molecule has 1 aromatic heterocycles. The van der Waals surface area contributed by atoms with Crippen molar-refractivity contribution in [3.8, 4) is 11.5 Å². The van der Waals surface area contributed by atoms with Crippen LogP contribution in [0, 0.1) is 0 Å². The fourth-order valence-electron chi connectivity index (χ4n) is 2.38. The predicted octanol–water partition coefficient (Wildman–Crippen LogP) is 3.85. The quantitative estimate of drug-likeness (QED) is 0.683. The van der Waals surface area contributed by atoms with E-state index in [0.717, 1.165) is 28.6 Å². The van der Waals surface area contributed by atoms with Crippen molar-refractivity contribution < 1.29 is 9.47 Å². The Balaban J connectivity index is 1.66. The number of anilines is 3. The van der Waals surface area contributed by atoms with Crippen LogP contribution in [0.3, 0.4) is 0 Å². The Hall–Kier alpha value is -3.28. The Bertz CT molecular complexity index is 822. The Morgan fingerprint density at radius 3 is 2.40 bits per heavy atom. The average molecular weight is 336 g/mol. The smallest absolute Gasteiger partial charge is 0.135 e. The summed E-state index contributed by atoms with van der Waals surface area (Å²) in [4.78, 5) is 8.50. The van der Waals surface area contributed by atoms with E-state index in [1.165, 1.54) is 6.33 Å². The van der Waals surface area contributed by atoms with E-state index in [1.54, 1.807) is 14.2 Å². The third-order valence-electron chi connectivity index (χ3n) is 3.68. The molecule has 2 aromatic carbocycles. The lowest BCUT2D eigenvalue weighted by Crippen LogP contribution is -2.04. The lowest BCUT2D eigenvalue weighted by atomic mass is 10.2. The molecule has 0 amide bonds. The monoisotopic (exact) mass is 336 g/mol. The molecule has 3 aromatic rings. The summed E-state index contributed by atoms with van der Waals surface area (Å²) in [5.41, 5.74) is 1.99. The van der Waals surface area contributed by atoms with Crippen molar-refractivity contribution in [2.45, 2.75) is 6.54 Å². The van der Waals surface area contributed by atoms with Gasteiger partial charge < -0.3 is 20.1 Å². The maximum absolute atomic E-state index is 5.36. The molecule has 6 heteroatoms. The number of para-hydroxylation sites is 1. The fourth-order valence-corrected chi connectivity index (χ4v) is 2.38. The molecular weight excluding hydrogens is 316 g/mol. The van der Waals surface area contributed by atoms with Gasteiger partial charge in [0, 0.05) is 23.9 Å². The topological polar surface area (TPSA) is 68.3 Å². The first-order valence-electron chi connectivity index (χ1n) is 7.87. The minimum absolute atomic E-state index is 0.614. The molecule has 0 radical (unpaired) electrons. The Morgan fingerprint density at radius 2 is 1.64 bits per heavy atom. The van der Waals surface area contributed by atoms with E-state index in [0.29, 0.717) is 12.4 Å². The Morgan fingerprint density at radius 1 is 0.880 bits per heavy atom. The van der Waals surface area contributed by atoms with Crippen LogP contribution in [-0.4, -0.2) is 24.2 Å². The maximum Gasteiger partial charge on any atom is 0.135 e. The van der Waals surface area contributed by atoms with Crippen molar-refractivity contribution in [2.75, 3.05) is 24.9 Å². The molecule has 1 heterocycles. The summed E-state index contributed by atoms with van der Waals surface area (Å²) < 4.78 is 10.5. The van der Waals surface area contributed by atoms with E-state index in [4.69, 9.17) is 9.47 Å². The first-order chi connectivity index (χ1) is 12.3. The van der Waals surface area contributed by atoms with Crippen LogP contribution in [0.25, 0.3) is 0 Å². The van der Waals surface area contributed by atoms with Gasteiger partial charge in [0.2, 0.25) is 0 Å². The molecule has 128 valence electrons. The van der Waals surface area contributed by atoms with Crippen molar-refractivity contribution in [1.29, 1.82) is 0 Å². The van der Waals surface area contributed by atoms with Crippen LogP contribution in [0.2, 0.25) is 0 Å².